The van der Waals surface area contributed by atoms with Gasteiger partial charge in [-0.25, -0.2) is 4.98 Å². The molecule has 28 heavy (non-hydrogen) atoms. The number of thiophene rings is 1. The average Bonchev–Trinajstić information content (AvgIpc) is 3.39. The molecular weight excluding hydrogens is 372 g/mol. The minimum Gasteiger partial charge on any atom is -0.438 e. The third-order valence-electron chi connectivity index (χ3n) is 4.25. The van der Waals surface area contributed by atoms with Crippen molar-refractivity contribution in [1.29, 1.82) is 0 Å². The molecule has 5 rings (SSSR count). The molecule has 0 radical (unpaired) electrons. The van der Waals surface area contributed by atoms with Crippen LogP contribution < -0.4 is 4.74 Å². The maximum atomic E-state index is 6.20. The molecule has 0 fully saturated rings. The second-order valence-electron chi connectivity index (χ2n) is 6.15. The standard InChI is InChI=1S/C21H14N4O2S/c1-13-23-20(27-16-9-5-8-15(10-16)19-25-22-12-26-19)18-17(11-28-21(18)24-13)14-6-3-2-4-7-14/h2-12H,1H3. The van der Waals surface area contributed by atoms with Crippen LogP contribution in [0.15, 0.2) is 70.8 Å². The van der Waals surface area contributed by atoms with E-state index in [0.29, 0.717) is 23.3 Å². The lowest BCUT2D eigenvalue weighted by Gasteiger charge is -2.09. The Morgan fingerprint density at radius 3 is 2.64 bits per heavy atom. The Morgan fingerprint density at radius 1 is 0.964 bits per heavy atom. The van der Waals surface area contributed by atoms with Crippen molar-refractivity contribution in [3.05, 3.63) is 72.2 Å². The largest absolute Gasteiger partial charge is 0.438 e. The summed E-state index contributed by atoms with van der Waals surface area (Å²) >= 11 is 1.58. The van der Waals surface area contributed by atoms with E-state index in [1.807, 2.05) is 49.4 Å². The predicted octanol–water partition coefficient (Wildman–Crippen LogP) is 5.51. The monoisotopic (exact) mass is 386 g/mol. The lowest BCUT2D eigenvalue weighted by molar-refractivity contribution is 0.466. The molecule has 5 aromatic rings. The van der Waals surface area contributed by atoms with Crippen LogP contribution in [0.2, 0.25) is 0 Å². The molecule has 0 spiro atoms. The van der Waals surface area contributed by atoms with Gasteiger partial charge in [0.15, 0.2) is 0 Å². The van der Waals surface area contributed by atoms with E-state index in [2.05, 4.69) is 37.7 Å². The van der Waals surface area contributed by atoms with Crippen molar-refractivity contribution >= 4 is 21.6 Å². The highest BCUT2D eigenvalue weighted by molar-refractivity contribution is 7.17. The van der Waals surface area contributed by atoms with Gasteiger partial charge in [-0.15, -0.1) is 21.5 Å². The highest BCUT2D eigenvalue weighted by Crippen LogP contribution is 2.39. The predicted molar refractivity (Wildman–Crippen MR) is 107 cm³/mol. The van der Waals surface area contributed by atoms with Crippen molar-refractivity contribution in [2.45, 2.75) is 6.92 Å². The fourth-order valence-electron chi connectivity index (χ4n) is 3.02. The van der Waals surface area contributed by atoms with Crippen molar-refractivity contribution in [3.63, 3.8) is 0 Å². The molecule has 7 heteroatoms. The number of fused-ring (bicyclic) bond motifs is 1. The van der Waals surface area contributed by atoms with Gasteiger partial charge in [0.2, 0.25) is 18.2 Å². The van der Waals surface area contributed by atoms with Crippen molar-refractivity contribution in [2.24, 2.45) is 0 Å². The smallest absolute Gasteiger partial charge is 0.247 e. The number of hydrogen-bond donors (Lipinski definition) is 0. The number of hydrogen-bond acceptors (Lipinski definition) is 7. The summed E-state index contributed by atoms with van der Waals surface area (Å²) < 4.78 is 11.5. The Hall–Kier alpha value is -3.58. The summed E-state index contributed by atoms with van der Waals surface area (Å²) in [7, 11) is 0. The Balaban J connectivity index is 1.61. The molecule has 0 amide bonds. The van der Waals surface area contributed by atoms with Gasteiger partial charge in [0.1, 0.15) is 16.4 Å². The van der Waals surface area contributed by atoms with E-state index in [9.17, 15) is 0 Å². The van der Waals surface area contributed by atoms with Crippen molar-refractivity contribution in [3.8, 4) is 34.2 Å². The van der Waals surface area contributed by atoms with Crippen molar-refractivity contribution < 1.29 is 9.15 Å². The van der Waals surface area contributed by atoms with Crippen LogP contribution >= 0.6 is 11.3 Å². The molecule has 6 nitrogen and oxygen atoms in total. The second kappa shape index (κ2) is 6.86. The quantitative estimate of drug-likeness (QED) is 0.405. The minimum absolute atomic E-state index is 0.440. The number of benzene rings is 2. The lowest BCUT2D eigenvalue weighted by Crippen LogP contribution is -1.94. The van der Waals surface area contributed by atoms with Crippen LogP contribution in [0.3, 0.4) is 0 Å². The number of aromatic nitrogens is 4. The van der Waals surface area contributed by atoms with Crippen molar-refractivity contribution in [1.82, 2.24) is 20.2 Å². The Labute approximate surface area is 164 Å². The number of ether oxygens (including phenoxy) is 1. The molecule has 136 valence electrons. The zero-order chi connectivity index (χ0) is 18.9. The van der Waals surface area contributed by atoms with Gasteiger partial charge in [-0.3, -0.25) is 0 Å². The van der Waals surface area contributed by atoms with E-state index in [0.717, 1.165) is 26.9 Å². The normalized spacial score (nSPS) is 11.0. The first-order valence-corrected chi connectivity index (χ1v) is 9.51. The summed E-state index contributed by atoms with van der Waals surface area (Å²) in [6.45, 7) is 1.86. The van der Waals surface area contributed by atoms with Gasteiger partial charge in [-0.05, 0) is 30.7 Å². The molecule has 0 aliphatic heterocycles. The first kappa shape index (κ1) is 16.6. The first-order chi connectivity index (χ1) is 13.8. The Morgan fingerprint density at radius 2 is 1.82 bits per heavy atom. The Kier molecular flexibility index (Phi) is 4.06. The van der Waals surface area contributed by atoms with E-state index >= 15 is 0 Å². The molecule has 0 aliphatic carbocycles. The molecule has 3 aromatic heterocycles. The minimum atomic E-state index is 0.440. The van der Waals surface area contributed by atoms with E-state index < -0.39 is 0 Å². The van der Waals surface area contributed by atoms with Crippen molar-refractivity contribution in [2.75, 3.05) is 0 Å². The zero-order valence-corrected chi connectivity index (χ0v) is 15.7. The highest BCUT2D eigenvalue weighted by atomic mass is 32.1. The van der Waals surface area contributed by atoms with E-state index in [-0.39, 0.29) is 0 Å². The molecule has 0 saturated heterocycles. The van der Waals surface area contributed by atoms with Gasteiger partial charge in [-0.2, -0.15) is 4.98 Å². The van der Waals surface area contributed by atoms with Crippen LogP contribution in [0.1, 0.15) is 5.82 Å². The molecular formula is C21H14N4O2S. The maximum Gasteiger partial charge on any atom is 0.247 e. The van der Waals surface area contributed by atoms with Gasteiger partial charge in [0.25, 0.3) is 0 Å². The van der Waals surface area contributed by atoms with Gasteiger partial charge < -0.3 is 9.15 Å². The Bertz CT molecular complexity index is 1250. The van der Waals surface area contributed by atoms with Gasteiger partial charge >= 0.3 is 0 Å². The molecule has 0 aliphatic rings. The van der Waals surface area contributed by atoms with E-state index in [4.69, 9.17) is 9.15 Å². The first-order valence-electron chi connectivity index (χ1n) is 8.63. The number of aryl methyl sites for hydroxylation is 1. The van der Waals surface area contributed by atoms with Crippen LogP contribution in [0.5, 0.6) is 11.6 Å². The number of rotatable bonds is 4. The van der Waals surface area contributed by atoms with E-state index in [1.54, 1.807) is 11.3 Å². The summed E-state index contributed by atoms with van der Waals surface area (Å²) in [5.74, 6) is 2.28. The summed E-state index contributed by atoms with van der Waals surface area (Å²) in [5, 5.41) is 10.7. The van der Waals surface area contributed by atoms with Crippen LogP contribution in [0, 0.1) is 6.92 Å². The molecule has 2 aromatic carbocycles. The number of nitrogens with zero attached hydrogens (tertiary/aromatic N) is 4. The SMILES string of the molecule is Cc1nc(Oc2cccc(-c3nnco3)c2)c2c(-c3ccccc3)csc2n1. The summed E-state index contributed by atoms with van der Waals surface area (Å²) in [6.07, 6.45) is 1.30. The van der Waals surface area contributed by atoms with Crippen LogP contribution in [-0.4, -0.2) is 20.2 Å². The summed E-state index contributed by atoms with van der Waals surface area (Å²) in [5.41, 5.74) is 2.94. The fraction of sp³-hybridized carbons (Fsp3) is 0.0476. The molecule has 0 bridgehead atoms. The molecule has 0 N–H and O–H groups in total. The van der Waals surface area contributed by atoms with Gasteiger partial charge in [-0.1, -0.05) is 36.4 Å². The zero-order valence-electron chi connectivity index (χ0n) is 14.9. The topological polar surface area (TPSA) is 73.9 Å². The fourth-order valence-corrected chi connectivity index (χ4v) is 4.00. The molecule has 3 heterocycles. The molecule has 0 saturated carbocycles. The van der Waals surface area contributed by atoms with Crippen LogP contribution in [0.25, 0.3) is 32.8 Å². The lowest BCUT2D eigenvalue weighted by atomic mass is 10.1. The summed E-state index contributed by atoms with van der Waals surface area (Å²) in [4.78, 5) is 10.0. The van der Waals surface area contributed by atoms with Crippen LogP contribution in [0.4, 0.5) is 0 Å². The average molecular weight is 386 g/mol. The molecule has 0 atom stereocenters. The maximum absolute atomic E-state index is 6.20. The third-order valence-corrected chi connectivity index (χ3v) is 5.12. The highest BCUT2D eigenvalue weighted by Gasteiger charge is 2.16. The van der Waals surface area contributed by atoms with Gasteiger partial charge in [0.05, 0.1) is 5.39 Å². The van der Waals surface area contributed by atoms with E-state index in [1.165, 1.54) is 6.39 Å². The molecule has 0 unspecified atom stereocenters. The van der Waals surface area contributed by atoms with Crippen LogP contribution in [-0.2, 0) is 0 Å². The second-order valence-corrected chi connectivity index (χ2v) is 7.00. The third kappa shape index (κ3) is 3.01. The summed E-state index contributed by atoms with van der Waals surface area (Å²) in [6, 6.07) is 17.7. The van der Waals surface area contributed by atoms with Gasteiger partial charge in [0, 0.05) is 16.5 Å².